The Labute approximate surface area is 114 Å². The highest BCUT2D eigenvalue weighted by atomic mass is 32.2. The zero-order chi connectivity index (χ0) is 14.0. The number of amides is 2. The number of carbonyl (C=O) groups is 2. The molecule has 0 unspecified atom stereocenters. The number of rotatable bonds is 5. The molecule has 0 bridgehead atoms. The van der Waals surface area contributed by atoms with Gasteiger partial charge in [0.25, 0.3) is 5.91 Å². The maximum absolute atomic E-state index is 11.5. The molecule has 19 heavy (non-hydrogen) atoms. The number of nitrogens with two attached hydrogens (primary N) is 2. The molecule has 1 aromatic carbocycles. The monoisotopic (exact) mass is 277 g/mol. The summed E-state index contributed by atoms with van der Waals surface area (Å²) in [6.45, 7) is 0. The summed E-state index contributed by atoms with van der Waals surface area (Å²) in [6, 6.07) is 5.76. The number of aromatic amines is 1. The van der Waals surface area contributed by atoms with Gasteiger partial charge in [-0.1, -0.05) is 12.1 Å². The Morgan fingerprint density at radius 2 is 2.05 bits per heavy atom. The molecule has 0 spiro atoms. The van der Waals surface area contributed by atoms with Crippen molar-refractivity contribution in [3.05, 3.63) is 35.0 Å². The highest BCUT2D eigenvalue weighted by Gasteiger charge is 2.17. The van der Waals surface area contributed by atoms with E-state index in [0.717, 1.165) is 22.2 Å². The highest BCUT2D eigenvalue weighted by Crippen LogP contribution is 2.25. The fraction of sp³-hybridized carbons (Fsp3) is 0.231. The van der Waals surface area contributed by atoms with E-state index < -0.39 is 11.8 Å². The second-order valence-corrected chi connectivity index (χ2v) is 5.16. The summed E-state index contributed by atoms with van der Waals surface area (Å²) in [5.74, 6) is -0.176. The molecule has 6 heteroatoms. The topological polar surface area (TPSA) is 102 Å². The summed E-state index contributed by atoms with van der Waals surface area (Å²) < 4.78 is 0. The van der Waals surface area contributed by atoms with Crippen molar-refractivity contribution in [2.24, 2.45) is 11.5 Å². The number of aromatic nitrogens is 1. The highest BCUT2D eigenvalue weighted by molar-refractivity contribution is 7.97. The number of thioether (sulfide) groups is 1. The molecule has 0 atom stereocenters. The van der Waals surface area contributed by atoms with Crippen LogP contribution in [-0.4, -0.2) is 23.1 Å². The van der Waals surface area contributed by atoms with Crippen LogP contribution in [0.15, 0.2) is 18.2 Å². The van der Waals surface area contributed by atoms with E-state index in [-0.39, 0.29) is 6.42 Å². The fourth-order valence-electron chi connectivity index (χ4n) is 2.15. The maximum atomic E-state index is 11.5. The first-order valence-electron chi connectivity index (χ1n) is 5.73. The third kappa shape index (κ3) is 2.73. The van der Waals surface area contributed by atoms with E-state index in [9.17, 15) is 9.59 Å². The number of primary amides is 2. The van der Waals surface area contributed by atoms with Crippen molar-refractivity contribution in [3.8, 4) is 0 Å². The molecule has 0 aliphatic rings. The molecule has 1 aromatic heterocycles. The number of benzene rings is 1. The SMILES string of the molecule is CSCc1ccc2c(C(N)=O)c(CC(N)=O)[nH]c2c1. The Morgan fingerprint density at radius 1 is 1.32 bits per heavy atom. The van der Waals surface area contributed by atoms with Crippen molar-refractivity contribution in [1.29, 1.82) is 0 Å². The van der Waals surface area contributed by atoms with Gasteiger partial charge in [-0.2, -0.15) is 11.8 Å². The minimum atomic E-state index is -0.555. The van der Waals surface area contributed by atoms with Crippen LogP contribution in [0.4, 0.5) is 0 Å². The van der Waals surface area contributed by atoms with Crippen molar-refractivity contribution in [2.75, 3.05) is 6.26 Å². The van der Waals surface area contributed by atoms with Gasteiger partial charge >= 0.3 is 0 Å². The first kappa shape index (κ1) is 13.5. The predicted octanol–water partition coefficient (Wildman–Crippen LogP) is 1.16. The number of hydrogen-bond donors (Lipinski definition) is 3. The number of fused-ring (bicyclic) bond motifs is 1. The Balaban J connectivity index is 2.58. The van der Waals surface area contributed by atoms with E-state index in [4.69, 9.17) is 11.5 Å². The predicted molar refractivity (Wildman–Crippen MR) is 76.9 cm³/mol. The lowest BCUT2D eigenvalue weighted by Crippen LogP contribution is -2.18. The number of nitrogens with one attached hydrogen (secondary N) is 1. The number of hydrogen-bond acceptors (Lipinski definition) is 3. The molecule has 2 rings (SSSR count). The van der Waals surface area contributed by atoms with Crippen LogP contribution in [0.1, 0.15) is 21.6 Å². The van der Waals surface area contributed by atoms with Gasteiger partial charge in [-0.15, -0.1) is 0 Å². The molecule has 0 saturated heterocycles. The average molecular weight is 277 g/mol. The molecule has 5 N–H and O–H groups in total. The molecule has 0 fully saturated rings. The van der Waals surface area contributed by atoms with Crippen LogP contribution in [0.25, 0.3) is 10.9 Å². The van der Waals surface area contributed by atoms with Gasteiger partial charge in [0.05, 0.1) is 12.0 Å². The summed E-state index contributed by atoms with van der Waals surface area (Å²) in [6.07, 6.45) is 2.00. The van der Waals surface area contributed by atoms with Gasteiger partial charge in [-0.3, -0.25) is 9.59 Å². The minimum Gasteiger partial charge on any atom is -0.369 e. The molecule has 5 nitrogen and oxygen atoms in total. The van der Waals surface area contributed by atoms with E-state index in [2.05, 4.69) is 4.98 Å². The Morgan fingerprint density at radius 3 is 2.63 bits per heavy atom. The number of H-pyrrole nitrogens is 1. The normalized spacial score (nSPS) is 10.8. The van der Waals surface area contributed by atoms with Gasteiger partial charge in [-0.05, 0) is 17.9 Å². The standard InChI is InChI=1S/C13H15N3O2S/c1-19-6-7-2-3-8-9(4-7)16-10(5-11(14)17)12(8)13(15)18/h2-4,16H,5-6H2,1H3,(H2,14,17)(H2,15,18). The Bertz CT molecular complexity index is 649. The quantitative estimate of drug-likeness (QED) is 0.764. The van der Waals surface area contributed by atoms with Gasteiger partial charge in [-0.25, -0.2) is 0 Å². The molecule has 0 aliphatic heterocycles. The van der Waals surface area contributed by atoms with Gasteiger partial charge in [0.15, 0.2) is 0 Å². The molecule has 0 saturated carbocycles. The molecule has 100 valence electrons. The maximum Gasteiger partial charge on any atom is 0.251 e. The van der Waals surface area contributed by atoms with E-state index in [0.29, 0.717) is 11.3 Å². The fourth-order valence-corrected chi connectivity index (χ4v) is 2.66. The van der Waals surface area contributed by atoms with Crippen molar-refractivity contribution >= 4 is 34.5 Å². The van der Waals surface area contributed by atoms with Gasteiger partial charge < -0.3 is 16.5 Å². The summed E-state index contributed by atoms with van der Waals surface area (Å²) in [5.41, 5.74) is 13.3. The third-order valence-corrected chi connectivity index (χ3v) is 3.47. The van der Waals surface area contributed by atoms with Crippen molar-refractivity contribution < 1.29 is 9.59 Å². The summed E-state index contributed by atoms with van der Waals surface area (Å²) >= 11 is 1.71. The van der Waals surface area contributed by atoms with Crippen molar-refractivity contribution in [2.45, 2.75) is 12.2 Å². The zero-order valence-corrected chi connectivity index (χ0v) is 11.3. The smallest absolute Gasteiger partial charge is 0.251 e. The second-order valence-electron chi connectivity index (χ2n) is 4.30. The van der Waals surface area contributed by atoms with E-state index in [1.165, 1.54) is 0 Å². The molecule has 2 aromatic rings. The first-order chi connectivity index (χ1) is 9.02. The lowest BCUT2D eigenvalue weighted by molar-refractivity contribution is -0.117. The van der Waals surface area contributed by atoms with Crippen LogP contribution in [0.5, 0.6) is 0 Å². The second kappa shape index (κ2) is 5.36. The summed E-state index contributed by atoms with van der Waals surface area (Å²) in [4.78, 5) is 25.6. The lowest BCUT2D eigenvalue weighted by Gasteiger charge is -1.99. The molecule has 1 heterocycles. The van der Waals surface area contributed by atoms with Crippen LogP contribution in [-0.2, 0) is 17.0 Å². The van der Waals surface area contributed by atoms with E-state index in [1.807, 2.05) is 24.5 Å². The molecular formula is C13H15N3O2S. The summed E-state index contributed by atoms with van der Waals surface area (Å²) in [7, 11) is 0. The Hall–Kier alpha value is -1.95. The molecular weight excluding hydrogens is 262 g/mol. The first-order valence-corrected chi connectivity index (χ1v) is 7.13. The van der Waals surface area contributed by atoms with Crippen molar-refractivity contribution in [1.82, 2.24) is 4.98 Å². The van der Waals surface area contributed by atoms with Gasteiger partial charge in [0, 0.05) is 22.3 Å². The van der Waals surface area contributed by atoms with Gasteiger partial charge in [0.2, 0.25) is 5.91 Å². The van der Waals surface area contributed by atoms with Gasteiger partial charge in [0.1, 0.15) is 0 Å². The average Bonchev–Trinajstić information content (AvgIpc) is 2.65. The van der Waals surface area contributed by atoms with Crippen LogP contribution in [0.2, 0.25) is 0 Å². The van der Waals surface area contributed by atoms with Crippen LogP contribution < -0.4 is 11.5 Å². The molecule has 0 radical (unpaired) electrons. The third-order valence-electron chi connectivity index (χ3n) is 2.85. The van der Waals surface area contributed by atoms with E-state index >= 15 is 0 Å². The zero-order valence-electron chi connectivity index (χ0n) is 10.5. The van der Waals surface area contributed by atoms with Crippen LogP contribution >= 0.6 is 11.8 Å². The molecule has 0 aliphatic carbocycles. The van der Waals surface area contributed by atoms with Crippen LogP contribution in [0.3, 0.4) is 0 Å². The Kier molecular flexibility index (Phi) is 3.80. The van der Waals surface area contributed by atoms with Crippen LogP contribution in [0, 0.1) is 0 Å². The summed E-state index contributed by atoms with van der Waals surface area (Å²) in [5, 5.41) is 0.730. The van der Waals surface area contributed by atoms with E-state index in [1.54, 1.807) is 11.8 Å². The largest absolute Gasteiger partial charge is 0.369 e. The lowest BCUT2D eigenvalue weighted by atomic mass is 10.1. The molecule has 2 amide bonds. The minimum absolute atomic E-state index is 0.0230. The van der Waals surface area contributed by atoms with Crippen molar-refractivity contribution in [3.63, 3.8) is 0 Å². The number of carbonyl (C=O) groups excluding carboxylic acids is 2.